The minimum absolute atomic E-state index is 0.0120. The van der Waals surface area contributed by atoms with Gasteiger partial charge in [-0.1, -0.05) is 6.07 Å². The van der Waals surface area contributed by atoms with E-state index in [9.17, 15) is 22.8 Å². The Morgan fingerprint density at radius 2 is 2.10 bits per heavy atom. The van der Waals surface area contributed by atoms with Gasteiger partial charge in [-0.2, -0.15) is 0 Å². The summed E-state index contributed by atoms with van der Waals surface area (Å²) in [5, 5.41) is 2.50. The first kappa shape index (κ1) is 19.1. The number of carbonyl (C=O) groups is 2. The summed E-state index contributed by atoms with van der Waals surface area (Å²) in [5.74, 6) is -4.39. The molecule has 1 unspecified atom stereocenters. The zero-order valence-electron chi connectivity index (χ0n) is 15.5. The van der Waals surface area contributed by atoms with Gasteiger partial charge in [0.15, 0.2) is 0 Å². The van der Waals surface area contributed by atoms with Crippen LogP contribution in [0.25, 0.3) is 0 Å². The average molecular weight is 402 g/mol. The Hall–Kier alpha value is -3.23. The van der Waals surface area contributed by atoms with Crippen LogP contribution in [0.5, 0.6) is 0 Å². The number of hydrogen-bond donors (Lipinski definition) is 1. The molecule has 4 rings (SSSR count). The lowest BCUT2D eigenvalue weighted by Gasteiger charge is -2.30. The number of amides is 2. The van der Waals surface area contributed by atoms with Crippen molar-refractivity contribution in [2.24, 2.45) is 0 Å². The molecule has 2 amide bonds. The molecule has 150 valence electrons. The van der Waals surface area contributed by atoms with Crippen molar-refractivity contribution < 1.29 is 22.8 Å². The van der Waals surface area contributed by atoms with Gasteiger partial charge in [0.2, 0.25) is 0 Å². The van der Waals surface area contributed by atoms with Gasteiger partial charge in [0.1, 0.15) is 17.5 Å². The minimum atomic E-state index is -3.25. The number of rotatable bonds is 3. The first-order valence-electron chi connectivity index (χ1n) is 9.03. The van der Waals surface area contributed by atoms with Crippen LogP contribution in [0.3, 0.4) is 0 Å². The summed E-state index contributed by atoms with van der Waals surface area (Å²) < 4.78 is 42.9. The highest BCUT2D eigenvalue weighted by molar-refractivity contribution is 6.09. The van der Waals surface area contributed by atoms with Crippen molar-refractivity contribution in [1.82, 2.24) is 15.3 Å². The number of carbonyl (C=O) groups excluding carboxylic acids is 2. The SMILES string of the molecule is Cc1nccc(N2CC3=C(CC(NC(=O)c4cccc(F)c4)CC3(F)F)C2=O)n1. The zero-order valence-corrected chi connectivity index (χ0v) is 15.5. The number of alkyl halides is 2. The molecule has 29 heavy (non-hydrogen) atoms. The van der Waals surface area contributed by atoms with E-state index < -0.39 is 36.0 Å². The van der Waals surface area contributed by atoms with E-state index in [0.29, 0.717) is 5.82 Å². The van der Waals surface area contributed by atoms with Gasteiger partial charge in [0.05, 0.1) is 6.54 Å². The Kier molecular flexibility index (Phi) is 4.60. The van der Waals surface area contributed by atoms with Gasteiger partial charge in [-0.25, -0.2) is 23.1 Å². The van der Waals surface area contributed by atoms with Crippen LogP contribution in [0.2, 0.25) is 0 Å². The Morgan fingerprint density at radius 1 is 1.31 bits per heavy atom. The molecule has 1 aliphatic heterocycles. The van der Waals surface area contributed by atoms with E-state index in [1.165, 1.54) is 35.4 Å². The quantitative estimate of drug-likeness (QED) is 0.857. The van der Waals surface area contributed by atoms with E-state index in [1.54, 1.807) is 6.92 Å². The average Bonchev–Trinajstić information content (AvgIpc) is 2.99. The lowest BCUT2D eigenvalue weighted by atomic mass is 9.86. The van der Waals surface area contributed by atoms with Gasteiger partial charge in [0.25, 0.3) is 17.7 Å². The summed E-state index contributed by atoms with van der Waals surface area (Å²) in [6.07, 6.45) is 0.810. The normalized spacial score (nSPS) is 20.6. The molecule has 1 N–H and O–H groups in total. The summed E-state index contributed by atoms with van der Waals surface area (Å²) in [6.45, 7) is 1.39. The second-order valence-corrected chi connectivity index (χ2v) is 7.10. The number of halogens is 3. The number of benzene rings is 1. The van der Waals surface area contributed by atoms with E-state index in [0.717, 1.165) is 6.07 Å². The maximum absolute atomic E-state index is 14.8. The molecular formula is C20H17F3N4O2. The van der Waals surface area contributed by atoms with Crippen LogP contribution in [0.15, 0.2) is 47.7 Å². The standard InChI is InChI=1S/C20H17F3N4O2/c1-11-24-6-5-17(25-11)27-10-16-15(19(27)29)8-14(9-20(16,22)23)26-18(28)12-3-2-4-13(21)7-12/h2-7,14H,8-10H2,1H3,(H,26,28). The number of anilines is 1. The van der Waals surface area contributed by atoms with Crippen molar-refractivity contribution in [3.8, 4) is 0 Å². The highest BCUT2D eigenvalue weighted by Gasteiger charge is 2.50. The number of hydrogen-bond acceptors (Lipinski definition) is 4. The molecule has 0 radical (unpaired) electrons. The van der Waals surface area contributed by atoms with E-state index >= 15 is 0 Å². The number of aromatic nitrogens is 2. The van der Waals surface area contributed by atoms with Crippen LogP contribution in [-0.2, 0) is 4.79 Å². The molecule has 9 heteroatoms. The van der Waals surface area contributed by atoms with Gasteiger partial charge >= 0.3 is 0 Å². The second kappa shape index (κ2) is 6.98. The van der Waals surface area contributed by atoms with E-state index in [4.69, 9.17) is 0 Å². The van der Waals surface area contributed by atoms with Gasteiger partial charge in [-0.3, -0.25) is 14.5 Å². The summed E-state index contributed by atoms with van der Waals surface area (Å²) in [4.78, 5) is 34.4. The van der Waals surface area contributed by atoms with Crippen LogP contribution in [-0.4, -0.2) is 40.3 Å². The molecule has 0 bridgehead atoms. The molecule has 2 aliphatic rings. The summed E-state index contributed by atoms with van der Waals surface area (Å²) in [7, 11) is 0. The summed E-state index contributed by atoms with van der Waals surface area (Å²) in [5.41, 5.74) is -0.221. The van der Waals surface area contributed by atoms with Crippen molar-refractivity contribution in [2.75, 3.05) is 11.4 Å². The van der Waals surface area contributed by atoms with Crippen molar-refractivity contribution in [1.29, 1.82) is 0 Å². The molecule has 6 nitrogen and oxygen atoms in total. The van der Waals surface area contributed by atoms with Crippen LogP contribution in [0.4, 0.5) is 19.0 Å². The Labute approximate surface area is 164 Å². The predicted octanol–water partition coefficient (Wildman–Crippen LogP) is 2.80. The molecule has 0 saturated carbocycles. The Morgan fingerprint density at radius 3 is 2.83 bits per heavy atom. The first-order valence-corrected chi connectivity index (χ1v) is 9.03. The lowest BCUT2D eigenvalue weighted by molar-refractivity contribution is -0.115. The maximum Gasteiger partial charge on any atom is 0.273 e. The molecule has 1 atom stereocenters. The Balaban J connectivity index is 1.55. The molecule has 1 aromatic carbocycles. The van der Waals surface area contributed by atoms with Crippen LogP contribution in [0.1, 0.15) is 29.0 Å². The van der Waals surface area contributed by atoms with Gasteiger partial charge < -0.3 is 5.32 Å². The molecule has 0 spiro atoms. The van der Waals surface area contributed by atoms with Gasteiger partial charge in [-0.15, -0.1) is 0 Å². The van der Waals surface area contributed by atoms with Gasteiger partial charge in [0, 0.05) is 35.4 Å². The fourth-order valence-corrected chi connectivity index (χ4v) is 3.70. The molecule has 2 heterocycles. The number of aryl methyl sites for hydroxylation is 1. The molecular weight excluding hydrogens is 385 g/mol. The second-order valence-electron chi connectivity index (χ2n) is 7.10. The van der Waals surface area contributed by atoms with Crippen LogP contribution in [0, 0.1) is 12.7 Å². The van der Waals surface area contributed by atoms with Crippen molar-refractivity contribution in [3.05, 3.63) is 64.9 Å². The molecule has 0 saturated heterocycles. The third-order valence-corrected chi connectivity index (χ3v) is 5.04. The van der Waals surface area contributed by atoms with Crippen molar-refractivity contribution in [3.63, 3.8) is 0 Å². The topological polar surface area (TPSA) is 75.2 Å². The fourth-order valence-electron chi connectivity index (χ4n) is 3.70. The van der Waals surface area contributed by atoms with E-state index in [2.05, 4.69) is 15.3 Å². The number of nitrogens with one attached hydrogen (secondary N) is 1. The monoisotopic (exact) mass is 402 g/mol. The zero-order chi connectivity index (χ0) is 20.8. The highest BCUT2D eigenvalue weighted by Crippen LogP contribution is 2.43. The third-order valence-electron chi connectivity index (χ3n) is 5.04. The van der Waals surface area contributed by atoms with E-state index in [1.807, 2.05) is 0 Å². The molecule has 0 fully saturated rings. The molecule has 1 aliphatic carbocycles. The van der Waals surface area contributed by atoms with E-state index in [-0.39, 0.29) is 35.5 Å². The minimum Gasteiger partial charge on any atom is -0.349 e. The smallest absolute Gasteiger partial charge is 0.273 e. The fraction of sp³-hybridized carbons (Fsp3) is 0.300. The summed E-state index contributed by atoms with van der Waals surface area (Å²) in [6, 6.07) is 5.51. The predicted molar refractivity (Wildman–Crippen MR) is 98.0 cm³/mol. The van der Waals surface area contributed by atoms with Crippen molar-refractivity contribution in [2.45, 2.75) is 31.7 Å². The van der Waals surface area contributed by atoms with Crippen molar-refractivity contribution >= 4 is 17.6 Å². The van der Waals surface area contributed by atoms with Crippen LogP contribution < -0.4 is 10.2 Å². The first-order chi connectivity index (χ1) is 13.7. The molecule has 1 aromatic heterocycles. The maximum atomic E-state index is 14.8. The summed E-state index contributed by atoms with van der Waals surface area (Å²) >= 11 is 0. The lowest BCUT2D eigenvalue weighted by Crippen LogP contribution is -2.43. The van der Waals surface area contributed by atoms with Crippen LogP contribution >= 0.6 is 0 Å². The third kappa shape index (κ3) is 3.59. The Bertz CT molecular complexity index is 1040. The molecule has 2 aromatic rings. The number of nitrogens with zero attached hydrogens (tertiary/aromatic N) is 3. The highest BCUT2D eigenvalue weighted by atomic mass is 19.3. The largest absolute Gasteiger partial charge is 0.349 e. The van der Waals surface area contributed by atoms with Gasteiger partial charge in [-0.05, 0) is 37.6 Å².